The third-order valence-electron chi connectivity index (χ3n) is 7.82. The van der Waals surface area contributed by atoms with Crippen LogP contribution in [0.1, 0.15) is 72.4 Å². The summed E-state index contributed by atoms with van der Waals surface area (Å²) in [5.74, 6) is 0.190. The van der Waals surface area contributed by atoms with Gasteiger partial charge >= 0.3 is 0 Å². The molecule has 1 heterocycles. The van der Waals surface area contributed by atoms with Crippen LogP contribution in [0.4, 0.5) is 0 Å². The van der Waals surface area contributed by atoms with E-state index in [0.29, 0.717) is 36.4 Å². The van der Waals surface area contributed by atoms with E-state index in [4.69, 9.17) is 0 Å². The number of amides is 2. The Hall–Kier alpha value is -2.82. The van der Waals surface area contributed by atoms with Gasteiger partial charge in [-0.2, -0.15) is 0 Å². The normalized spacial score (nSPS) is 23.7. The van der Waals surface area contributed by atoms with Gasteiger partial charge in [0.2, 0.25) is 0 Å². The van der Waals surface area contributed by atoms with Gasteiger partial charge in [0.1, 0.15) is 5.75 Å². The van der Waals surface area contributed by atoms with Crippen molar-refractivity contribution < 1.29 is 14.7 Å². The molecule has 1 fully saturated rings. The minimum atomic E-state index is -0.137. The molecule has 4 rings (SSSR count). The highest BCUT2D eigenvalue weighted by molar-refractivity contribution is 5.98. The van der Waals surface area contributed by atoms with Gasteiger partial charge in [-0.25, -0.2) is 0 Å². The summed E-state index contributed by atoms with van der Waals surface area (Å²) in [7, 11) is 0. The van der Waals surface area contributed by atoms with Crippen LogP contribution in [0.5, 0.6) is 5.75 Å². The SMILES string of the molecule is CCCNC(=O)c1ccc(C(=O)N2CCC3(C)c4cccc(O)c4CC2C3(C)C)cc1. The van der Waals surface area contributed by atoms with Crippen LogP contribution >= 0.6 is 0 Å². The predicted octanol–water partition coefficient (Wildman–Crippen LogP) is 4.29. The molecular weight excluding hydrogens is 388 g/mol. The van der Waals surface area contributed by atoms with E-state index < -0.39 is 0 Å². The molecule has 0 saturated carbocycles. The van der Waals surface area contributed by atoms with E-state index in [9.17, 15) is 14.7 Å². The smallest absolute Gasteiger partial charge is 0.254 e. The monoisotopic (exact) mass is 420 g/mol. The summed E-state index contributed by atoms with van der Waals surface area (Å²) in [6.45, 7) is 10.1. The standard InChI is InChI=1S/C26H32N2O3/c1-5-14-27-23(30)17-9-11-18(12-10-17)24(31)28-15-13-26(4)20-7-6-8-21(29)19(20)16-22(28)25(26,2)3/h6-12,22,29H,5,13-16H2,1-4H3,(H,27,30). The van der Waals surface area contributed by atoms with Crippen LogP contribution < -0.4 is 5.32 Å². The fourth-order valence-electron chi connectivity index (χ4n) is 5.44. The van der Waals surface area contributed by atoms with Crippen LogP contribution in [-0.4, -0.2) is 41.0 Å². The molecule has 31 heavy (non-hydrogen) atoms. The Bertz CT molecular complexity index is 1010. The number of aromatic hydroxyl groups is 1. The molecule has 1 saturated heterocycles. The zero-order valence-corrected chi connectivity index (χ0v) is 18.9. The molecule has 164 valence electrons. The van der Waals surface area contributed by atoms with Crippen LogP contribution in [0, 0.1) is 5.41 Å². The largest absolute Gasteiger partial charge is 0.508 e. The highest BCUT2D eigenvalue weighted by Crippen LogP contribution is 2.57. The van der Waals surface area contributed by atoms with Gasteiger partial charge < -0.3 is 15.3 Å². The number of piperidine rings is 1. The van der Waals surface area contributed by atoms with Crippen molar-refractivity contribution in [3.63, 3.8) is 0 Å². The maximum Gasteiger partial charge on any atom is 0.254 e. The first kappa shape index (κ1) is 21.4. The lowest BCUT2D eigenvalue weighted by molar-refractivity contribution is -0.0266. The maximum absolute atomic E-state index is 13.5. The molecule has 5 nitrogen and oxygen atoms in total. The summed E-state index contributed by atoms with van der Waals surface area (Å²) in [4.78, 5) is 27.6. The van der Waals surface area contributed by atoms with Gasteiger partial charge in [-0.3, -0.25) is 9.59 Å². The van der Waals surface area contributed by atoms with E-state index in [1.165, 1.54) is 5.56 Å². The van der Waals surface area contributed by atoms with E-state index in [2.05, 4.69) is 32.2 Å². The molecular formula is C26H32N2O3. The number of nitrogens with one attached hydrogen (secondary N) is 1. The zero-order valence-electron chi connectivity index (χ0n) is 18.9. The minimum absolute atomic E-state index is 0.00733. The first-order valence-electron chi connectivity index (χ1n) is 11.2. The summed E-state index contributed by atoms with van der Waals surface area (Å²) >= 11 is 0. The summed E-state index contributed by atoms with van der Waals surface area (Å²) in [5, 5.41) is 13.4. The Morgan fingerprint density at radius 2 is 1.77 bits per heavy atom. The second kappa shape index (κ2) is 7.70. The Balaban J connectivity index is 1.63. The number of fused-ring (bicyclic) bond motifs is 4. The molecule has 2 amide bonds. The van der Waals surface area contributed by atoms with E-state index in [1.54, 1.807) is 30.3 Å². The topological polar surface area (TPSA) is 69.6 Å². The molecule has 2 aromatic rings. The lowest BCUT2D eigenvalue weighted by atomic mass is 9.51. The molecule has 0 aromatic heterocycles. The average molecular weight is 421 g/mol. The van der Waals surface area contributed by atoms with Crippen LogP contribution in [0.3, 0.4) is 0 Å². The quantitative estimate of drug-likeness (QED) is 0.775. The van der Waals surface area contributed by atoms with Crippen LogP contribution in [0.15, 0.2) is 42.5 Å². The molecule has 2 aromatic carbocycles. The highest BCUT2D eigenvalue weighted by atomic mass is 16.3. The summed E-state index contributed by atoms with van der Waals surface area (Å²) in [6, 6.07) is 12.7. The van der Waals surface area contributed by atoms with Gasteiger partial charge in [0.25, 0.3) is 11.8 Å². The summed E-state index contributed by atoms with van der Waals surface area (Å²) in [6.07, 6.45) is 2.37. The van der Waals surface area contributed by atoms with Crippen LogP contribution in [-0.2, 0) is 11.8 Å². The molecule has 0 radical (unpaired) electrons. The van der Waals surface area contributed by atoms with Crippen molar-refractivity contribution in [1.82, 2.24) is 10.2 Å². The number of hydrogen-bond donors (Lipinski definition) is 2. The molecule has 2 unspecified atom stereocenters. The van der Waals surface area contributed by atoms with Gasteiger partial charge in [-0.05, 0) is 66.1 Å². The second-order valence-electron chi connectivity index (χ2n) is 9.66. The number of phenolic OH excluding ortho intramolecular Hbond substituents is 1. The Morgan fingerprint density at radius 1 is 1.10 bits per heavy atom. The molecule has 5 heteroatoms. The summed E-state index contributed by atoms with van der Waals surface area (Å²) < 4.78 is 0. The number of rotatable bonds is 4. The van der Waals surface area contributed by atoms with Crippen molar-refractivity contribution >= 4 is 11.8 Å². The Kier molecular flexibility index (Phi) is 5.32. The number of carbonyl (C=O) groups excluding carboxylic acids is 2. The molecule has 2 atom stereocenters. The van der Waals surface area contributed by atoms with Crippen molar-refractivity contribution in [2.45, 2.75) is 58.4 Å². The second-order valence-corrected chi connectivity index (χ2v) is 9.66. The van der Waals surface area contributed by atoms with Gasteiger partial charge in [0.15, 0.2) is 0 Å². The fourth-order valence-corrected chi connectivity index (χ4v) is 5.44. The third-order valence-corrected chi connectivity index (χ3v) is 7.82. The van der Waals surface area contributed by atoms with Gasteiger partial charge in [-0.1, -0.05) is 39.8 Å². The molecule has 0 spiro atoms. The number of hydrogen-bond acceptors (Lipinski definition) is 3. The fraction of sp³-hybridized carbons (Fsp3) is 0.462. The van der Waals surface area contributed by atoms with Crippen molar-refractivity contribution in [3.8, 4) is 5.75 Å². The minimum Gasteiger partial charge on any atom is -0.508 e. The number of likely N-dealkylation sites (tertiary alicyclic amines) is 1. The lowest BCUT2D eigenvalue weighted by Gasteiger charge is -2.60. The average Bonchev–Trinajstić information content (AvgIpc) is 2.75. The van der Waals surface area contributed by atoms with Gasteiger partial charge in [-0.15, -0.1) is 0 Å². The van der Waals surface area contributed by atoms with Crippen LogP contribution in [0.2, 0.25) is 0 Å². The van der Waals surface area contributed by atoms with Gasteiger partial charge in [0, 0.05) is 35.7 Å². The predicted molar refractivity (Wildman–Crippen MR) is 121 cm³/mol. The van der Waals surface area contributed by atoms with Crippen molar-refractivity contribution in [1.29, 1.82) is 0 Å². The van der Waals surface area contributed by atoms with Crippen molar-refractivity contribution in [2.75, 3.05) is 13.1 Å². The lowest BCUT2D eigenvalue weighted by Crippen LogP contribution is -2.64. The number of nitrogens with zero attached hydrogens (tertiary/aromatic N) is 1. The molecule has 2 aliphatic rings. The van der Waals surface area contributed by atoms with E-state index >= 15 is 0 Å². The van der Waals surface area contributed by atoms with E-state index in [-0.39, 0.29) is 28.7 Å². The molecule has 1 aliphatic carbocycles. The Morgan fingerprint density at radius 3 is 2.45 bits per heavy atom. The van der Waals surface area contributed by atoms with E-state index in [1.807, 2.05) is 17.9 Å². The number of benzene rings is 2. The third kappa shape index (κ3) is 3.31. The number of phenols is 1. The van der Waals surface area contributed by atoms with Crippen LogP contribution in [0.25, 0.3) is 0 Å². The van der Waals surface area contributed by atoms with Crippen molar-refractivity contribution in [2.24, 2.45) is 5.41 Å². The molecule has 2 bridgehead atoms. The highest BCUT2D eigenvalue weighted by Gasteiger charge is 2.57. The Labute approximate surface area is 184 Å². The molecule has 1 aliphatic heterocycles. The molecule has 2 N–H and O–H groups in total. The zero-order chi connectivity index (χ0) is 22.4. The first-order valence-corrected chi connectivity index (χ1v) is 11.2. The van der Waals surface area contributed by atoms with Gasteiger partial charge in [0.05, 0.1) is 0 Å². The summed E-state index contributed by atoms with van der Waals surface area (Å²) in [5.41, 5.74) is 3.09. The number of carbonyl (C=O) groups is 2. The van der Waals surface area contributed by atoms with E-state index in [0.717, 1.165) is 18.4 Å². The first-order chi connectivity index (χ1) is 14.7. The maximum atomic E-state index is 13.5. The van der Waals surface area contributed by atoms with Crippen molar-refractivity contribution in [3.05, 3.63) is 64.7 Å².